The first-order valence-corrected chi connectivity index (χ1v) is 13.8. The molecule has 2 N–H and O–H groups in total. The number of nitrogens with zero attached hydrogens (tertiary/aromatic N) is 1. The molecule has 1 amide bonds. The van der Waals surface area contributed by atoms with Crippen LogP contribution in [0.5, 0.6) is 11.5 Å². The third-order valence-corrected chi connectivity index (χ3v) is 7.13. The number of fused-ring (bicyclic) bond motifs is 1. The molecular weight excluding hydrogens is 446 g/mol. The minimum atomic E-state index is 0.275. The summed E-state index contributed by atoms with van der Waals surface area (Å²) in [5.41, 5.74) is 3.61. The highest BCUT2D eigenvalue weighted by molar-refractivity contribution is 5.92. The van der Waals surface area contributed by atoms with E-state index in [0.29, 0.717) is 18.1 Å². The van der Waals surface area contributed by atoms with Crippen molar-refractivity contribution < 1.29 is 15.0 Å². The van der Waals surface area contributed by atoms with Crippen LogP contribution in [0, 0.1) is 0 Å². The Kier molecular flexibility index (Phi) is 11.1. The van der Waals surface area contributed by atoms with Gasteiger partial charge in [-0.05, 0) is 77.4 Å². The second kappa shape index (κ2) is 14.5. The molecule has 0 heterocycles. The molecule has 4 heteroatoms. The normalized spacial score (nSPS) is 11.2. The van der Waals surface area contributed by atoms with Crippen molar-refractivity contribution >= 4 is 16.7 Å². The standard InChI is InChI=1S/C32H43NO3/c1-3-4-23-33(2)32(36)14-12-10-8-6-5-7-9-11-13-31-29(25-15-18-27(34)19-16-25)21-17-26-24-28(35)20-22-30(26)31/h15-22,24,34-35H,3-14,23H2,1-2H3. The van der Waals surface area contributed by atoms with Crippen molar-refractivity contribution in [1.82, 2.24) is 4.90 Å². The zero-order valence-corrected chi connectivity index (χ0v) is 22.1. The summed E-state index contributed by atoms with van der Waals surface area (Å²) in [5, 5.41) is 21.9. The number of rotatable bonds is 15. The molecule has 0 saturated heterocycles. The lowest BCUT2D eigenvalue weighted by molar-refractivity contribution is -0.130. The van der Waals surface area contributed by atoms with Crippen LogP contribution in [0.25, 0.3) is 21.9 Å². The van der Waals surface area contributed by atoms with Crippen molar-refractivity contribution in [2.24, 2.45) is 0 Å². The minimum absolute atomic E-state index is 0.275. The Balaban J connectivity index is 1.43. The van der Waals surface area contributed by atoms with Gasteiger partial charge < -0.3 is 15.1 Å². The lowest BCUT2D eigenvalue weighted by Gasteiger charge is -2.16. The molecule has 36 heavy (non-hydrogen) atoms. The van der Waals surface area contributed by atoms with E-state index in [4.69, 9.17) is 0 Å². The molecule has 0 radical (unpaired) electrons. The lowest BCUT2D eigenvalue weighted by Crippen LogP contribution is -2.27. The highest BCUT2D eigenvalue weighted by Gasteiger charge is 2.11. The molecule has 3 aromatic rings. The number of aromatic hydroxyl groups is 2. The first-order valence-electron chi connectivity index (χ1n) is 13.8. The molecule has 0 saturated carbocycles. The zero-order chi connectivity index (χ0) is 25.8. The Bertz CT molecular complexity index is 1090. The quantitative estimate of drug-likeness (QED) is 0.211. The second-order valence-corrected chi connectivity index (χ2v) is 10.0. The van der Waals surface area contributed by atoms with Crippen LogP contribution in [0.1, 0.15) is 83.1 Å². The number of aryl methyl sites for hydroxylation is 1. The van der Waals surface area contributed by atoms with E-state index in [2.05, 4.69) is 19.1 Å². The summed E-state index contributed by atoms with van der Waals surface area (Å²) in [6.07, 6.45) is 13.3. The number of carbonyl (C=O) groups is 1. The summed E-state index contributed by atoms with van der Waals surface area (Å²) in [7, 11) is 1.92. The summed E-state index contributed by atoms with van der Waals surface area (Å²) in [6, 6.07) is 17.2. The molecule has 4 nitrogen and oxygen atoms in total. The van der Waals surface area contributed by atoms with Gasteiger partial charge in [0.2, 0.25) is 5.91 Å². The van der Waals surface area contributed by atoms with Crippen molar-refractivity contribution in [3.63, 3.8) is 0 Å². The second-order valence-electron chi connectivity index (χ2n) is 10.0. The van der Waals surface area contributed by atoms with Crippen LogP contribution >= 0.6 is 0 Å². The van der Waals surface area contributed by atoms with E-state index >= 15 is 0 Å². The van der Waals surface area contributed by atoms with Crippen LogP contribution in [0.3, 0.4) is 0 Å². The fourth-order valence-electron chi connectivity index (χ4n) is 4.91. The van der Waals surface area contributed by atoms with E-state index in [1.165, 1.54) is 48.6 Å². The zero-order valence-electron chi connectivity index (χ0n) is 22.1. The molecule has 0 bridgehead atoms. The van der Waals surface area contributed by atoms with Crippen LogP contribution in [-0.4, -0.2) is 34.6 Å². The maximum Gasteiger partial charge on any atom is 0.222 e. The molecule has 3 rings (SSSR count). The molecule has 0 atom stereocenters. The highest BCUT2D eigenvalue weighted by atomic mass is 16.3. The molecule has 0 aliphatic rings. The Morgan fingerprint density at radius 1 is 0.750 bits per heavy atom. The smallest absolute Gasteiger partial charge is 0.222 e. The average molecular weight is 490 g/mol. The van der Waals surface area contributed by atoms with Gasteiger partial charge in [-0.1, -0.05) is 82.2 Å². The van der Waals surface area contributed by atoms with Crippen LogP contribution < -0.4 is 0 Å². The number of hydrogen-bond acceptors (Lipinski definition) is 3. The fraction of sp³-hybridized carbons (Fsp3) is 0.469. The van der Waals surface area contributed by atoms with Gasteiger partial charge in [-0.15, -0.1) is 0 Å². The number of hydrogen-bond donors (Lipinski definition) is 2. The Labute approximate surface area is 217 Å². The first-order chi connectivity index (χ1) is 17.5. The molecular formula is C32H43NO3. The van der Waals surface area contributed by atoms with Crippen molar-refractivity contribution in [2.45, 2.75) is 84.0 Å². The topological polar surface area (TPSA) is 60.8 Å². The summed E-state index contributed by atoms with van der Waals surface area (Å²) in [6.45, 7) is 3.04. The minimum Gasteiger partial charge on any atom is -0.508 e. The van der Waals surface area contributed by atoms with E-state index in [1.807, 2.05) is 36.2 Å². The monoisotopic (exact) mass is 489 g/mol. The van der Waals surface area contributed by atoms with Gasteiger partial charge in [0.15, 0.2) is 0 Å². The van der Waals surface area contributed by atoms with Gasteiger partial charge in [-0.25, -0.2) is 0 Å². The third-order valence-electron chi connectivity index (χ3n) is 7.13. The van der Waals surface area contributed by atoms with Crippen LogP contribution in [0.4, 0.5) is 0 Å². The van der Waals surface area contributed by atoms with Gasteiger partial charge in [0, 0.05) is 20.0 Å². The van der Waals surface area contributed by atoms with E-state index in [1.54, 1.807) is 18.2 Å². The largest absolute Gasteiger partial charge is 0.508 e. The molecule has 3 aromatic carbocycles. The predicted octanol–water partition coefficient (Wildman–Crippen LogP) is 8.23. The van der Waals surface area contributed by atoms with Crippen molar-refractivity contribution in [2.75, 3.05) is 13.6 Å². The van der Waals surface area contributed by atoms with Gasteiger partial charge in [-0.2, -0.15) is 0 Å². The number of amides is 1. The average Bonchev–Trinajstić information content (AvgIpc) is 2.88. The Morgan fingerprint density at radius 2 is 1.39 bits per heavy atom. The molecule has 0 aliphatic carbocycles. The Morgan fingerprint density at radius 3 is 2.08 bits per heavy atom. The van der Waals surface area contributed by atoms with E-state index < -0.39 is 0 Å². The summed E-state index contributed by atoms with van der Waals surface area (Å²) < 4.78 is 0. The maximum atomic E-state index is 12.1. The lowest BCUT2D eigenvalue weighted by atomic mass is 9.90. The number of phenols is 2. The van der Waals surface area contributed by atoms with Gasteiger partial charge in [0.05, 0.1) is 0 Å². The van der Waals surface area contributed by atoms with E-state index in [-0.39, 0.29) is 5.75 Å². The van der Waals surface area contributed by atoms with Gasteiger partial charge in [-0.3, -0.25) is 4.79 Å². The first kappa shape index (κ1) is 27.6. The summed E-state index contributed by atoms with van der Waals surface area (Å²) in [5.74, 6) is 0.856. The molecule has 0 unspecified atom stereocenters. The molecule has 194 valence electrons. The predicted molar refractivity (Wildman–Crippen MR) is 151 cm³/mol. The van der Waals surface area contributed by atoms with Crippen LogP contribution in [0.2, 0.25) is 0 Å². The van der Waals surface area contributed by atoms with Gasteiger partial charge in [0.1, 0.15) is 11.5 Å². The molecule has 0 spiro atoms. The molecule has 0 fully saturated rings. The van der Waals surface area contributed by atoms with Crippen molar-refractivity contribution in [1.29, 1.82) is 0 Å². The number of unbranched alkanes of at least 4 members (excludes halogenated alkanes) is 8. The highest BCUT2D eigenvalue weighted by Crippen LogP contribution is 2.34. The fourth-order valence-corrected chi connectivity index (χ4v) is 4.91. The summed E-state index contributed by atoms with van der Waals surface area (Å²) >= 11 is 0. The molecule has 0 aliphatic heterocycles. The SMILES string of the molecule is CCCCN(C)C(=O)CCCCCCCCCCc1c(-c2ccc(O)cc2)ccc2cc(O)ccc12. The van der Waals surface area contributed by atoms with Gasteiger partial charge in [0.25, 0.3) is 0 Å². The van der Waals surface area contributed by atoms with Crippen LogP contribution in [0.15, 0.2) is 54.6 Å². The third kappa shape index (κ3) is 8.29. The number of phenolic OH excluding ortho intramolecular Hbond substituents is 2. The summed E-state index contributed by atoms with van der Waals surface area (Å²) in [4.78, 5) is 14.0. The van der Waals surface area contributed by atoms with Crippen molar-refractivity contribution in [3.8, 4) is 22.6 Å². The number of carbonyl (C=O) groups excluding carboxylic acids is 1. The van der Waals surface area contributed by atoms with Crippen molar-refractivity contribution in [3.05, 3.63) is 60.2 Å². The van der Waals surface area contributed by atoms with Crippen LogP contribution in [-0.2, 0) is 11.2 Å². The Hall–Kier alpha value is -3.01. The maximum absolute atomic E-state index is 12.1. The molecule has 0 aromatic heterocycles. The van der Waals surface area contributed by atoms with E-state index in [0.717, 1.165) is 56.0 Å². The number of benzene rings is 3. The van der Waals surface area contributed by atoms with E-state index in [9.17, 15) is 15.0 Å². The van der Waals surface area contributed by atoms with Gasteiger partial charge >= 0.3 is 0 Å².